The molecule has 0 saturated heterocycles. The van der Waals surface area contributed by atoms with Gasteiger partial charge in [-0.2, -0.15) is 0 Å². The Morgan fingerprint density at radius 1 is 1.00 bits per heavy atom. The Hall–Kier alpha value is 0. The van der Waals surface area contributed by atoms with E-state index in [0.717, 1.165) is 5.92 Å². The van der Waals surface area contributed by atoms with Crippen LogP contribution in [0, 0.1) is 29.6 Å². The molecule has 0 amide bonds. The molecule has 0 aliphatic heterocycles. The molecular weight excluding hydrogens is 132 g/mol. The van der Waals surface area contributed by atoms with E-state index in [1.165, 1.54) is 30.1 Å². The van der Waals surface area contributed by atoms with Gasteiger partial charge in [0.25, 0.3) is 0 Å². The third-order valence-corrected chi connectivity index (χ3v) is 4.40. The summed E-state index contributed by atoms with van der Waals surface area (Å²) in [5.74, 6) is 6.01. The maximum Gasteiger partial charge on any atom is -0.0321 e. The molecular formula is C11H18. The van der Waals surface area contributed by atoms with Gasteiger partial charge in [0.15, 0.2) is 0 Å². The number of hydrogen-bond acceptors (Lipinski definition) is 0. The summed E-state index contributed by atoms with van der Waals surface area (Å²) in [4.78, 5) is 0. The SMILES string of the molecule is CCC1CCC2C1C2C1CC1. The van der Waals surface area contributed by atoms with E-state index in [1.807, 2.05) is 0 Å². The van der Waals surface area contributed by atoms with Crippen LogP contribution >= 0.6 is 0 Å². The molecule has 0 heterocycles. The first-order valence-electron chi connectivity index (χ1n) is 5.42. The van der Waals surface area contributed by atoms with Crippen molar-refractivity contribution in [3.8, 4) is 0 Å². The van der Waals surface area contributed by atoms with Crippen LogP contribution in [0.2, 0.25) is 0 Å². The standard InChI is InChI=1S/C11H18/c1-2-7-5-6-9-10(7)11(9)8-3-4-8/h7-11H,2-6H2,1H3. The molecule has 0 aromatic carbocycles. The van der Waals surface area contributed by atoms with Crippen LogP contribution in [0.1, 0.15) is 39.0 Å². The van der Waals surface area contributed by atoms with Gasteiger partial charge in [-0.3, -0.25) is 0 Å². The Morgan fingerprint density at radius 3 is 2.45 bits per heavy atom. The second kappa shape index (κ2) is 2.02. The van der Waals surface area contributed by atoms with Crippen molar-refractivity contribution < 1.29 is 0 Å². The highest BCUT2D eigenvalue weighted by Crippen LogP contribution is 2.68. The first kappa shape index (κ1) is 6.51. The molecule has 0 heteroatoms. The predicted molar refractivity (Wildman–Crippen MR) is 46.2 cm³/mol. The smallest absolute Gasteiger partial charge is 0.0321 e. The van der Waals surface area contributed by atoms with Gasteiger partial charge in [0.2, 0.25) is 0 Å². The van der Waals surface area contributed by atoms with Crippen LogP contribution in [0.25, 0.3) is 0 Å². The lowest BCUT2D eigenvalue weighted by Crippen LogP contribution is -2.01. The second-order valence-electron chi connectivity index (χ2n) is 4.90. The topological polar surface area (TPSA) is 0 Å². The highest BCUT2D eigenvalue weighted by molar-refractivity contribution is 5.09. The molecule has 62 valence electrons. The Bertz CT molecular complexity index is 169. The maximum absolute atomic E-state index is 2.38. The lowest BCUT2D eigenvalue weighted by Gasteiger charge is -2.10. The average Bonchev–Trinajstić information content (AvgIpc) is 2.86. The molecule has 0 N–H and O–H groups in total. The zero-order valence-corrected chi connectivity index (χ0v) is 7.42. The van der Waals surface area contributed by atoms with Gasteiger partial charge in [-0.15, -0.1) is 0 Å². The van der Waals surface area contributed by atoms with Crippen molar-refractivity contribution in [2.24, 2.45) is 29.6 Å². The summed E-state index contributed by atoms with van der Waals surface area (Å²) >= 11 is 0. The van der Waals surface area contributed by atoms with E-state index in [1.54, 1.807) is 25.7 Å². The summed E-state index contributed by atoms with van der Waals surface area (Å²) in [6.45, 7) is 2.38. The molecule has 3 saturated carbocycles. The summed E-state index contributed by atoms with van der Waals surface area (Å²) in [5.41, 5.74) is 0. The largest absolute Gasteiger partial charge is 0.0651 e. The van der Waals surface area contributed by atoms with Crippen molar-refractivity contribution in [3.05, 3.63) is 0 Å². The molecule has 0 radical (unpaired) electrons. The van der Waals surface area contributed by atoms with E-state index >= 15 is 0 Å². The van der Waals surface area contributed by atoms with Crippen LogP contribution in [-0.4, -0.2) is 0 Å². The van der Waals surface area contributed by atoms with E-state index in [0.29, 0.717) is 0 Å². The zero-order valence-electron chi connectivity index (χ0n) is 7.42. The van der Waals surface area contributed by atoms with Crippen molar-refractivity contribution in [2.45, 2.75) is 39.0 Å². The van der Waals surface area contributed by atoms with Gasteiger partial charge in [0.1, 0.15) is 0 Å². The minimum absolute atomic E-state index is 1.14. The van der Waals surface area contributed by atoms with Crippen molar-refractivity contribution in [1.29, 1.82) is 0 Å². The lowest BCUT2D eigenvalue weighted by atomic mass is 9.96. The number of hydrogen-bond donors (Lipinski definition) is 0. The van der Waals surface area contributed by atoms with Crippen molar-refractivity contribution in [2.75, 3.05) is 0 Å². The van der Waals surface area contributed by atoms with Crippen molar-refractivity contribution >= 4 is 0 Å². The third kappa shape index (κ3) is 0.816. The van der Waals surface area contributed by atoms with Gasteiger partial charge in [-0.1, -0.05) is 13.3 Å². The Labute approximate surface area is 69.4 Å². The molecule has 0 bridgehead atoms. The number of rotatable bonds is 2. The molecule has 3 rings (SSSR count). The number of fused-ring (bicyclic) bond motifs is 1. The lowest BCUT2D eigenvalue weighted by molar-refractivity contribution is 0.401. The van der Waals surface area contributed by atoms with E-state index in [2.05, 4.69) is 6.92 Å². The van der Waals surface area contributed by atoms with Gasteiger partial charge in [-0.05, 0) is 55.3 Å². The molecule has 0 aromatic rings. The summed E-state index contributed by atoms with van der Waals surface area (Å²) in [6, 6.07) is 0. The quantitative estimate of drug-likeness (QED) is 0.567. The predicted octanol–water partition coefficient (Wildman–Crippen LogP) is 3.08. The fourth-order valence-corrected chi connectivity index (χ4v) is 3.70. The second-order valence-corrected chi connectivity index (χ2v) is 4.90. The van der Waals surface area contributed by atoms with Gasteiger partial charge < -0.3 is 0 Å². The Morgan fingerprint density at radius 2 is 1.82 bits per heavy atom. The van der Waals surface area contributed by atoms with Crippen LogP contribution in [0.15, 0.2) is 0 Å². The van der Waals surface area contributed by atoms with E-state index in [-0.39, 0.29) is 0 Å². The highest BCUT2D eigenvalue weighted by atomic mass is 14.7. The first-order valence-corrected chi connectivity index (χ1v) is 5.42. The van der Waals surface area contributed by atoms with Gasteiger partial charge in [0, 0.05) is 0 Å². The fourth-order valence-electron chi connectivity index (χ4n) is 3.70. The van der Waals surface area contributed by atoms with Gasteiger partial charge in [-0.25, -0.2) is 0 Å². The normalized spacial score (nSPS) is 54.3. The average molecular weight is 150 g/mol. The van der Waals surface area contributed by atoms with Crippen molar-refractivity contribution in [1.82, 2.24) is 0 Å². The van der Waals surface area contributed by atoms with E-state index < -0.39 is 0 Å². The van der Waals surface area contributed by atoms with Gasteiger partial charge >= 0.3 is 0 Å². The first-order chi connectivity index (χ1) is 5.42. The van der Waals surface area contributed by atoms with Crippen LogP contribution < -0.4 is 0 Å². The molecule has 3 aliphatic rings. The highest BCUT2D eigenvalue weighted by Gasteiger charge is 2.61. The Balaban J connectivity index is 1.69. The monoisotopic (exact) mass is 150 g/mol. The zero-order chi connectivity index (χ0) is 7.42. The minimum atomic E-state index is 1.14. The molecule has 11 heavy (non-hydrogen) atoms. The van der Waals surface area contributed by atoms with Crippen LogP contribution in [0.3, 0.4) is 0 Å². The molecule has 0 spiro atoms. The van der Waals surface area contributed by atoms with Crippen molar-refractivity contribution in [3.63, 3.8) is 0 Å². The summed E-state index contributed by atoms with van der Waals surface area (Å²) < 4.78 is 0. The minimum Gasteiger partial charge on any atom is -0.0651 e. The summed E-state index contributed by atoms with van der Waals surface area (Å²) in [7, 11) is 0. The van der Waals surface area contributed by atoms with E-state index in [9.17, 15) is 0 Å². The van der Waals surface area contributed by atoms with Gasteiger partial charge in [0.05, 0.1) is 0 Å². The van der Waals surface area contributed by atoms with Crippen LogP contribution in [-0.2, 0) is 0 Å². The molecule has 3 fully saturated rings. The molecule has 3 aliphatic carbocycles. The summed E-state index contributed by atoms with van der Waals surface area (Å²) in [6.07, 6.45) is 7.77. The maximum atomic E-state index is 2.38. The molecule has 0 nitrogen and oxygen atoms in total. The van der Waals surface area contributed by atoms with Crippen LogP contribution in [0.4, 0.5) is 0 Å². The molecule has 4 atom stereocenters. The summed E-state index contributed by atoms with van der Waals surface area (Å²) in [5, 5.41) is 0. The Kier molecular flexibility index (Phi) is 1.20. The molecule has 4 unspecified atom stereocenters. The van der Waals surface area contributed by atoms with E-state index in [4.69, 9.17) is 0 Å². The fraction of sp³-hybridized carbons (Fsp3) is 1.00. The third-order valence-electron chi connectivity index (χ3n) is 4.40. The molecule has 0 aromatic heterocycles. The van der Waals surface area contributed by atoms with Crippen LogP contribution in [0.5, 0.6) is 0 Å².